The maximum Gasteiger partial charge on any atom is 0.421 e. The van der Waals surface area contributed by atoms with E-state index >= 15 is 0 Å². The number of allylic oxidation sites excluding steroid dienone is 1. The van der Waals surface area contributed by atoms with Gasteiger partial charge in [0.1, 0.15) is 0 Å². The summed E-state index contributed by atoms with van der Waals surface area (Å²) in [6, 6.07) is 5.32. The van der Waals surface area contributed by atoms with E-state index in [0.717, 1.165) is 38.5 Å². The lowest BCUT2D eigenvalue weighted by atomic mass is 9.74. The molecule has 2 unspecified atom stereocenters. The van der Waals surface area contributed by atoms with Crippen molar-refractivity contribution in [2.75, 3.05) is 6.61 Å². The number of hydrogen-bond acceptors (Lipinski definition) is 4. The van der Waals surface area contributed by atoms with E-state index in [9.17, 15) is 28.2 Å². The Morgan fingerprint density at radius 1 is 1.06 bits per heavy atom. The van der Waals surface area contributed by atoms with E-state index in [1.165, 1.54) is 24.3 Å². The number of amides is 1. The van der Waals surface area contributed by atoms with E-state index in [-0.39, 0.29) is 42.1 Å². The van der Waals surface area contributed by atoms with Gasteiger partial charge >= 0.3 is 6.18 Å². The van der Waals surface area contributed by atoms with Gasteiger partial charge in [0.2, 0.25) is 0 Å². The highest BCUT2D eigenvalue weighted by atomic mass is 19.4. The molecule has 0 radical (unpaired) electrons. The first-order chi connectivity index (χ1) is 15.6. The maximum absolute atomic E-state index is 13.3. The second kappa shape index (κ2) is 9.22. The Hall–Kier alpha value is -2.19. The van der Waals surface area contributed by atoms with Crippen molar-refractivity contribution in [3.63, 3.8) is 0 Å². The lowest BCUT2D eigenvalue weighted by Crippen LogP contribution is -2.45. The number of dihydropyridines is 1. The Morgan fingerprint density at radius 2 is 1.64 bits per heavy atom. The fraction of sp³-hybridized carbons (Fsp3) is 0.600. The molecule has 8 heteroatoms. The van der Waals surface area contributed by atoms with Gasteiger partial charge in [-0.3, -0.25) is 9.79 Å². The highest BCUT2D eigenvalue weighted by Crippen LogP contribution is 2.41. The van der Waals surface area contributed by atoms with Crippen molar-refractivity contribution < 1.29 is 28.2 Å². The minimum Gasteiger partial charge on any atom is -0.394 e. The SMILES string of the molecule is C[C@](O)(c1ccc(C(=O)N(C2CCC(C3C=CC=NC3CO)CC2)C2CC2)cc1)C(F)(F)F. The van der Waals surface area contributed by atoms with Crippen LogP contribution in [0.5, 0.6) is 0 Å². The van der Waals surface area contributed by atoms with Crippen LogP contribution in [-0.2, 0) is 5.60 Å². The molecule has 2 saturated carbocycles. The van der Waals surface area contributed by atoms with Gasteiger partial charge in [0, 0.05) is 29.8 Å². The minimum absolute atomic E-state index is 0.0232. The number of aliphatic hydroxyl groups is 2. The Morgan fingerprint density at radius 3 is 2.15 bits per heavy atom. The molecule has 0 saturated heterocycles. The van der Waals surface area contributed by atoms with Crippen LogP contribution in [0, 0.1) is 11.8 Å². The molecule has 1 aromatic carbocycles. The molecule has 0 spiro atoms. The van der Waals surface area contributed by atoms with Gasteiger partial charge in [-0.05, 0) is 75.1 Å². The van der Waals surface area contributed by atoms with Crippen molar-refractivity contribution >= 4 is 12.1 Å². The zero-order valence-electron chi connectivity index (χ0n) is 18.7. The highest BCUT2D eigenvalue weighted by molar-refractivity contribution is 5.95. The molecule has 0 bridgehead atoms. The average molecular weight is 465 g/mol. The molecule has 1 aromatic rings. The molecule has 1 aliphatic heterocycles. The zero-order chi connectivity index (χ0) is 23.8. The topological polar surface area (TPSA) is 73.1 Å². The smallest absolute Gasteiger partial charge is 0.394 e. The summed E-state index contributed by atoms with van der Waals surface area (Å²) in [7, 11) is 0. The normalized spacial score (nSPS) is 29.5. The van der Waals surface area contributed by atoms with Crippen LogP contribution in [0.15, 0.2) is 41.4 Å². The van der Waals surface area contributed by atoms with E-state index in [0.29, 0.717) is 18.4 Å². The first-order valence-electron chi connectivity index (χ1n) is 11.7. The summed E-state index contributed by atoms with van der Waals surface area (Å²) < 4.78 is 39.4. The van der Waals surface area contributed by atoms with Gasteiger partial charge in [-0.15, -0.1) is 0 Å². The van der Waals surface area contributed by atoms with Crippen LogP contribution in [-0.4, -0.2) is 58.1 Å². The van der Waals surface area contributed by atoms with Gasteiger partial charge < -0.3 is 15.1 Å². The molecule has 33 heavy (non-hydrogen) atoms. The number of alkyl halides is 3. The number of carbonyl (C=O) groups excluding carboxylic acids is 1. The van der Waals surface area contributed by atoms with E-state index in [1.807, 2.05) is 11.0 Å². The molecule has 180 valence electrons. The number of aliphatic hydroxyl groups excluding tert-OH is 1. The van der Waals surface area contributed by atoms with E-state index in [4.69, 9.17) is 0 Å². The van der Waals surface area contributed by atoms with Gasteiger partial charge in [-0.25, -0.2) is 0 Å². The summed E-state index contributed by atoms with van der Waals surface area (Å²) >= 11 is 0. The molecule has 2 fully saturated rings. The third-order valence-corrected chi connectivity index (χ3v) is 7.43. The number of carbonyl (C=O) groups is 1. The van der Waals surface area contributed by atoms with Crippen LogP contribution in [0.25, 0.3) is 0 Å². The van der Waals surface area contributed by atoms with Crippen molar-refractivity contribution in [1.29, 1.82) is 0 Å². The average Bonchev–Trinajstić information content (AvgIpc) is 3.64. The number of hydrogen-bond donors (Lipinski definition) is 2. The van der Waals surface area contributed by atoms with Gasteiger partial charge in [-0.1, -0.05) is 18.2 Å². The highest BCUT2D eigenvalue weighted by Gasteiger charge is 2.51. The molecule has 1 amide bonds. The molecule has 2 aliphatic carbocycles. The lowest BCUT2D eigenvalue weighted by molar-refractivity contribution is -0.258. The predicted octanol–water partition coefficient (Wildman–Crippen LogP) is 4.24. The fourth-order valence-electron chi connectivity index (χ4n) is 5.20. The Kier molecular flexibility index (Phi) is 6.69. The summed E-state index contributed by atoms with van der Waals surface area (Å²) in [5, 5.41) is 19.5. The molecule has 1 heterocycles. The van der Waals surface area contributed by atoms with Crippen molar-refractivity contribution in [3.8, 4) is 0 Å². The number of nitrogens with zero attached hydrogens (tertiary/aromatic N) is 2. The van der Waals surface area contributed by atoms with E-state index < -0.39 is 11.8 Å². The van der Waals surface area contributed by atoms with Crippen molar-refractivity contribution in [2.45, 2.75) is 75.4 Å². The summed E-state index contributed by atoms with van der Waals surface area (Å²) in [6.07, 6.45) is 6.48. The molecule has 5 nitrogen and oxygen atoms in total. The van der Waals surface area contributed by atoms with E-state index in [2.05, 4.69) is 11.1 Å². The first kappa shape index (κ1) is 24.0. The van der Waals surface area contributed by atoms with Gasteiger partial charge in [0.25, 0.3) is 5.91 Å². The Labute approximate surface area is 192 Å². The molecular formula is C25H31F3N2O3. The van der Waals surface area contributed by atoms with Crippen LogP contribution in [0.1, 0.15) is 61.4 Å². The van der Waals surface area contributed by atoms with Crippen molar-refractivity contribution in [3.05, 3.63) is 47.5 Å². The number of halogens is 3. The summed E-state index contributed by atoms with van der Waals surface area (Å²) in [5.74, 6) is 0.460. The zero-order valence-corrected chi connectivity index (χ0v) is 18.7. The van der Waals surface area contributed by atoms with Gasteiger partial charge in [-0.2, -0.15) is 13.2 Å². The van der Waals surface area contributed by atoms with Crippen LogP contribution in [0.3, 0.4) is 0 Å². The van der Waals surface area contributed by atoms with Crippen LogP contribution in [0.4, 0.5) is 13.2 Å². The third-order valence-electron chi connectivity index (χ3n) is 7.43. The lowest BCUT2D eigenvalue weighted by Gasteiger charge is -2.40. The van der Waals surface area contributed by atoms with E-state index in [1.54, 1.807) is 6.21 Å². The number of rotatable bonds is 6. The molecule has 0 aromatic heterocycles. The van der Waals surface area contributed by atoms with Crippen LogP contribution in [0.2, 0.25) is 0 Å². The summed E-state index contributed by atoms with van der Waals surface area (Å²) in [6.45, 7) is 0.738. The quantitative estimate of drug-likeness (QED) is 0.662. The standard InChI is InChI=1S/C25H31F3N2O3/c1-24(33,25(26,27)28)18-8-4-17(5-9-18)23(32)30(20-12-13-20)19-10-6-16(7-11-19)21-3-2-14-29-22(21)15-31/h2-5,8-9,14,16,19-22,31,33H,6-7,10-13,15H2,1H3/t16?,19?,21?,22?,24-/m0/s1. The van der Waals surface area contributed by atoms with Crippen molar-refractivity contribution in [2.24, 2.45) is 16.8 Å². The summed E-state index contributed by atoms with van der Waals surface area (Å²) in [5.41, 5.74) is -2.91. The van der Waals surface area contributed by atoms with Crippen LogP contribution >= 0.6 is 0 Å². The first-order valence-corrected chi connectivity index (χ1v) is 11.7. The van der Waals surface area contributed by atoms with Crippen LogP contribution < -0.4 is 0 Å². The second-order valence-electron chi connectivity index (χ2n) is 9.67. The second-order valence-corrected chi connectivity index (χ2v) is 9.67. The molecule has 3 atom stereocenters. The molecule has 4 rings (SSSR count). The molecular weight excluding hydrogens is 433 g/mol. The van der Waals surface area contributed by atoms with Crippen molar-refractivity contribution in [1.82, 2.24) is 4.90 Å². The minimum atomic E-state index is -4.80. The third kappa shape index (κ3) is 4.87. The summed E-state index contributed by atoms with van der Waals surface area (Å²) in [4.78, 5) is 19.7. The number of benzene rings is 1. The monoisotopic (exact) mass is 464 g/mol. The fourth-order valence-corrected chi connectivity index (χ4v) is 5.20. The molecule has 2 N–H and O–H groups in total. The predicted molar refractivity (Wildman–Crippen MR) is 119 cm³/mol. The molecule has 3 aliphatic rings. The Balaban J connectivity index is 1.44. The number of aliphatic imine (C=N–C) groups is 1. The largest absolute Gasteiger partial charge is 0.421 e. The van der Waals surface area contributed by atoms with Gasteiger partial charge in [0.05, 0.1) is 12.6 Å². The Bertz CT molecular complexity index is 898. The van der Waals surface area contributed by atoms with Gasteiger partial charge in [0.15, 0.2) is 5.60 Å². The maximum atomic E-state index is 13.3.